The molecule has 0 aliphatic carbocycles. The van der Waals surface area contributed by atoms with Crippen molar-refractivity contribution in [2.45, 2.75) is 13.1 Å². The van der Waals surface area contributed by atoms with Gasteiger partial charge in [0.2, 0.25) is 0 Å². The molecule has 25 heavy (non-hydrogen) atoms. The highest BCUT2D eigenvalue weighted by molar-refractivity contribution is 5.83. The average molecular weight is 334 g/mol. The largest absolute Gasteiger partial charge is 0.496 e. The predicted octanol–water partition coefficient (Wildman–Crippen LogP) is 3.11. The van der Waals surface area contributed by atoms with Crippen molar-refractivity contribution >= 4 is 16.9 Å². The van der Waals surface area contributed by atoms with Gasteiger partial charge in [-0.1, -0.05) is 36.4 Å². The van der Waals surface area contributed by atoms with E-state index in [1.165, 1.54) is 5.56 Å². The molecule has 5 nitrogen and oxygen atoms in total. The minimum Gasteiger partial charge on any atom is -0.496 e. The summed E-state index contributed by atoms with van der Waals surface area (Å²) < 4.78 is 5.38. The molecule has 0 unspecified atom stereocenters. The van der Waals surface area contributed by atoms with Crippen LogP contribution in [-0.2, 0) is 13.1 Å². The van der Waals surface area contributed by atoms with Crippen LogP contribution < -0.4 is 15.4 Å². The maximum absolute atomic E-state index is 5.38. The van der Waals surface area contributed by atoms with Gasteiger partial charge in [0.25, 0.3) is 0 Å². The highest BCUT2D eigenvalue weighted by atomic mass is 16.5. The van der Waals surface area contributed by atoms with Gasteiger partial charge in [-0.05, 0) is 23.8 Å². The molecule has 0 saturated heterocycles. The third kappa shape index (κ3) is 4.07. The highest BCUT2D eigenvalue weighted by Crippen LogP contribution is 2.17. The molecule has 0 amide bonds. The van der Waals surface area contributed by atoms with Crippen molar-refractivity contribution < 1.29 is 4.74 Å². The van der Waals surface area contributed by atoms with Gasteiger partial charge in [-0.25, -0.2) is 0 Å². The number of benzene rings is 2. The summed E-state index contributed by atoms with van der Waals surface area (Å²) >= 11 is 0. The normalized spacial score (nSPS) is 11.4. The number of pyridine rings is 1. The number of nitrogens with one attached hydrogen (secondary N) is 2. The number of guanidine groups is 1. The molecule has 0 spiro atoms. The Bertz CT molecular complexity index is 871. The van der Waals surface area contributed by atoms with Crippen molar-refractivity contribution in [3.63, 3.8) is 0 Å². The van der Waals surface area contributed by atoms with E-state index in [1.54, 1.807) is 14.2 Å². The Labute approximate surface area is 147 Å². The summed E-state index contributed by atoms with van der Waals surface area (Å²) in [6.45, 7) is 1.31. The molecule has 5 heteroatoms. The fourth-order valence-corrected chi connectivity index (χ4v) is 2.74. The lowest BCUT2D eigenvalue weighted by atomic mass is 10.1. The zero-order chi connectivity index (χ0) is 17.5. The van der Waals surface area contributed by atoms with Gasteiger partial charge in [0.05, 0.1) is 12.6 Å². The van der Waals surface area contributed by atoms with Gasteiger partial charge in [0.15, 0.2) is 5.96 Å². The molecule has 0 atom stereocenters. The van der Waals surface area contributed by atoms with Gasteiger partial charge in [0.1, 0.15) is 5.75 Å². The fourth-order valence-electron chi connectivity index (χ4n) is 2.74. The van der Waals surface area contributed by atoms with E-state index in [4.69, 9.17) is 4.74 Å². The third-order valence-corrected chi connectivity index (χ3v) is 4.05. The standard InChI is InChI=1S/C20H22N4O/c1-21-20(24-14-16-7-3-6-10-19(16)25-2)23-13-15-11-12-22-18-9-5-4-8-17(15)18/h3-12H,13-14H2,1-2H3,(H2,21,23,24). The number of ether oxygens (including phenoxy) is 1. The van der Waals surface area contributed by atoms with Crippen LogP contribution in [0.25, 0.3) is 10.9 Å². The minimum atomic E-state index is 0.640. The molecular weight excluding hydrogens is 312 g/mol. The molecular formula is C20H22N4O. The van der Waals surface area contributed by atoms with Crippen LogP contribution in [0, 0.1) is 0 Å². The molecule has 1 aromatic heterocycles. The first kappa shape index (κ1) is 16.8. The lowest BCUT2D eigenvalue weighted by molar-refractivity contribution is 0.409. The second-order valence-corrected chi connectivity index (χ2v) is 5.58. The predicted molar refractivity (Wildman–Crippen MR) is 102 cm³/mol. The van der Waals surface area contributed by atoms with Crippen LogP contribution in [0.2, 0.25) is 0 Å². The number of hydrogen-bond acceptors (Lipinski definition) is 3. The topological polar surface area (TPSA) is 58.5 Å². The molecule has 3 rings (SSSR count). The smallest absolute Gasteiger partial charge is 0.191 e. The molecule has 0 fully saturated rings. The van der Waals surface area contributed by atoms with Crippen molar-refractivity contribution in [2.24, 2.45) is 4.99 Å². The Morgan fingerprint density at radius 3 is 2.48 bits per heavy atom. The molecule has 0 aliphatic rings. The first-order chi connectivity index (χ1) is 12.3. The van der Waals surface area contributed by atoms with Gasteiger partial charge < -0.3 is 15.4 Å². The Balaban J connectivity index is 1.65. The third-order valence-electron chi connectivity index (χ3n) is 4.05. The van der Waals surface area contributed by atoms with Crippen LogP contribution in [0.5, 0.6) is 5.75 Å². The van der Waals surface area contributed by atoms with Crippen LogP contribution in [-0.4, -0.2) is 25.1 Å². The zero-order valence-electron chi connectivity index (χ0n) is 14.5. The van der Waals surface area contributed by atoms with E-state index in [9.17, 15) is 0 Å². The molecule has 1 heterocycles. The highest BCUT2D eigenvalue weighted by Gasteiger charge is 2.05. The van der Waals surface area contributed by atoms with Crippen molar-refractivity contribution in [2.75, 3.05) is 14.2 Å². The van der Waals surface area contributed by atoms with E-state index >= 15 is 0 Å². The molecule has 3 aromatic rings. The van der Waals surface area contributed by atoms with E-state index < -0.39 is 0 Å². The second kappa shape index (κ2) is 8.15. The summed E-state index contributed by atoms with van der Waals surface area (Å²) in [6, 6.07) is 18.1. The number of fused-ring (bicyclic) bond motifs is 1. The average Bonchev–Trinajstić information content (AvgIpc) is 2.68. The fraction of sp³-hybridized carbons (Fsp3) is 0.200. The van der Waals surface area contributed by atoms with Crippen molar-refractivity contribution in [3.8, 4) is 5.75 Å². The van der Waals surface area contributed by atoms with Crippen LogP contribution >= 0.6 is 0 Å². The van der Waals surface area contributed by atoms with Crippen molar-refractivity contribution in [1.82, 2.24) is 15.6 Å². The van der Waals surface area contributed by atoms with E-state index in [0.29, 0.717) is 13.1 Å². The Morgan fingerprint density at radius 1 is 0.960 bits per heavy atom. The van der Waals surface area contributed by atoms with Gasteiger partial charge in [0, 0.05) is 37.3 Å². The summed E-state index contributed by atoms with van der Waals surface area (Å²) in [7, 11) is 3.45. The zero-order valence-corrected chi connectivity index (χ0v) is 14.5. The minimum absolute atomic E-state index is 0.640. The molecule has 128 valence electrons. The summed E-state index contributed by atoms with van der Waals surface area (Å²) in [5.41, 5.74) is 3.27. The number of aromatic nitrogens is 1. The summed E-state index contributed by atoms with van der Waals surface area (Å²) in [4.78, 5) is 8.69. The summed E-state index contributed by atoms with van der Waals surface area (Å²) in [6.07, 6.45) is 1.84. The monoisotopic (exact) mass is 334 g/mol. The van der Waals surface area contributed by atoms with Crippen molar-refractivity contribution in [1.29, 1.82) is 0 Å². The number of nitrogens with zero attached hydrogens (tertiary/aromatic N) is 2. The number of methoxy groups -OCH3 is 1. The lowest BCUT2D eigenvalue weighted by Crippen LogP contribution is -2.36. The second-order valence-electron chi connectivity index (χ2n) is 5.58. The van der Waals surface area contributed by atoms with E-state index in [-0.39, 0.29) is 0 Å². The van der Waals surface area contributed by atoms with E-state index in [1.807, 2.05) is 54.7 Å². The van der Waals surface area contributed by atoms with Crippen LogP contribution in [0.1, 0.15) is 11.1 Å². The summed E-state index contributed by atoms with van der Waals surface area (Å²) in [5, 5.41) is 7.83. The van der Waals surface area contributed by atoms with Gasteiger partial charge in [-0.15, -0.1) is 0 Å². The molecule has 0 saturated carbocycles. The maximum atomic E-state index is 5.38. The van der Waals surface area contributed by atoms with Gasteiger partial charge >= 0.3 is 0 Å². The van der Waals surface area contributed by atoms with Gasteiger partial charge in [-0.3, -0.25) is 9.98 Å². The van der Waals surface area contributed by atoms with E-state index in [2.05, 4.69) is 26.7 Å². The summed E-state index contributed by atoms with van der Waals surface area (Å²) in [5.74, 6) is 1.61. The first-order valence-corrected chi connectivity index (χ1v) is 8.21. The SMILES string of the molecule is CN=C(NCc1ccccc1OC)NCc1ccnc2ccccc12. The van der Waals surface area contributed by atoms with Crippen LogP contribution in [0.15, 0.2) is 65.8 Å². The quantitative estimate of drug-likeness (QED) is 0.556. The molecule has 2 aromatic carbocycles. The number of rotatable bonds is 5. The van der Waals surface area contributed by atoms with Gasteiger partial charge in [-0.2, -0.15) is 0 Å². The Kier molecular flexibility index (Phi) is 5.46. The van der Waals surface area contributed by atoms with Crippen molar-refractivity contribution in [3.05, 3.63) is 71.9 Å². The molecule has 0 radical (unpaired) electrons. The number of hydrogen-bond donors (Lipinski definition) is 2. The number of para-hydroxylation sites is 2. The van der Waals surface area contributed by atoms with Crippen LogP contribution in [0.3, 0.4) is 0 Å². The van der Waals surface area contributed by atoms with Crippen LogP contribution in [0.4, 0.5) is 0 Å². The van der Waals surface area contributed by atoms with E-state index in [0.717, 1.165) is 28.2 Å². The Hall–Kier alpha value is -3.08. The number of aliphatic imine (C=N–C) groups is 1. The first-order valence-electron chi connectivity index (χ1n) is 8.21. The molecule has 2 N–H and O–H groups in total. The maximum Gasteiger partial charge on any atom is 0.191 e. The molecule has 0 bridgehead atoms. The Morgan fingerprint density at radius 2 is 1.68 bits per heavy atom. The lowest BCUT2D eigenvalue weighted by Gasteiger charge is -2.14. The molecule has 0 aliphatic heterocycles.